The summed E-state index contributed by atoms with van der Waals surface area (Å²) in [7, 11) is 5.19. The Balaban J connectivity index is 1.80. The fourth-order valence-electron chi connectivity index (χ4n) is 2.95. The van der Waals surface area contributed by atoms with Crippen molar-refractivity contribution in [2.75, 3.05) is 52.7 Å². The van der Waals surface area contributed by atoms with Crippen LogP contribution in [0.4, 0.5) is 5.69 Å². The van der Waals surface area contributed by atoms with Crippen LogP contribution in [0.3, 0.4) is 0 Å². The van der Waals surface area contributed by atoms with Crippen molar-refractivity contribution in [3.05, 3.63) is 24.3 Å². The van der Waals surface area contributed by atoms with Crippen LogP contribution in [0.25, 0.3) is 0 Å². The van der Waals surface area contributed by atoms with Gasteiger partial charge in [-0.05, 0) is 38.6 Å². The molecule has 0 radical (unpaired) electrons. The molecule has 1 saturated heterocycles. The molecule has 2 rings (SSSR count). The molecule has 25 heavy (non-hydrogen) atoms. The number of carbonyl (C=O) groups excluding carboxylic acids is 2. The molecule has 1 atom stereocenters. The number of nitrogens with one attached hydrogen (secondary N) is 2. The molecule has 0 spiro atoms. The van der Waals surface area contributed by atoms with Crippen molar-refractivity contribution in [2.45, 2.75) is 18.9 Å². The van der Waals surface area contributed by atoms with Crippen LogP contribution in [-0.4, -0.2) is 75.0 Å². The highest BCUT2D eigenvalue weighted by molar-refractivity contribution is 5.94. The highest BCUT2D eigenvalue weighted by atomic mass is 16.5. The highest BCUT2D eigenvalue weighted by Crippen LogP contribution is 2.16. The average Bonchev–Trinajstić information content (AvgIpc) is 2.61. The maximum absolute atomic E-state index is 12.4. The van der Waals surface area contributed by atoms with Gasteiger partial charge in [0.2, 0.25) is 11.8 Å². The van der Waals surface area contributed by atoms with Crippen LogP contribution in [0.1, 0.15) is 12.8 Å². The molecule has 2 amide bonds. The Bertz CT molecular complexity index is 593. The van der Waals surface area contributed by atoms with Gasteiger partial charge >= 0.3 is 0 Å². The molecule has 0 aromatic heterocycles. The molecule has 1 heterocycles. The van der Waals surface area contributed by atoms with Crippen molar-refractivity contribution >= 4 is 17.5 Å². The molecule has 0 bridgehead atoms. The fraction of sp³-hybridized carbons (Fsp3) is 0.556. The molecule has 1 aliphatic heterocycles. The van der Waals surface area contributed by atoms with Gasteiger partial charge in [-0.2, -0.15) is 0 Å². The summed E-state index contributed by atoms with van der Waals surface area (Å²) in [6.07, 6.45) is 2.22. The van der Waals surface area contributed by atoms with Crippen molar-refractivity contribution in [1.82, 2.24) is 15.1 Å². The Labute approximate surface area is 149 Å². The molecular formula is C18H28N4O3. The quantitative estimate of drug-likeness (QED) is 0.762. The maximum atomic E-state index is 12.4. The molecule has 1 aromatic rings. The summed E-state index contributed by atoms with van der Waals surface area (Å²) in [6.45, 7) is 2.17. The molecule has 0 saturated carbocycles. The number of benzene rings is 1. The van der Waals surface area contributed by atoms with E-state index in [0.717, 1.165) is 25.9 Å². The topological polar surface area (TPSA) is 73.9 Å². The number of hydrogen-bond donors (Lipinski definition) is 2. The molecule has 138 valence electrons. The highest BCUT2D eigenvalue weighted by Gasteiger charge is 2.22. The van der Waals surface area contributed by atoms with Gasteiger partial charge in [0.1, 0.15) is 5.75 Å². The molecule has 7 nitrogen and oxygen atoms in total. The number of nitrogens with zero attached hydrogens (tertiary/aromatic N) is 2. The molecule has 1 unspecified atom stereocenters. The van der Waals surface area contributed by atoms with Crippen molar-refractivity contribution in [1.29, 1.82) is 0 Å². The van der Waals surface area contributed by atoms with Gasteiger partial charge < -0.3 is 20.3 Å². The number of amides is 2. The van der Waals surface area contributed by atoms with E-state index in [4.69, 9.17) is 4.74 Å². The minimum Gasteiger partial charge on any atom is -0.497 e. The van der Waals surface area contributed by atoms with E-state index in [9.17, 15) is 9.59 Å². The normalized spacial score (nSPS) is 17.8. The lowest BCUT2D eigenvalue weighted by Gasteiger charge is -2.32. The summed E-state index contributed by atoms with van der Waals surface area (Å²) >= 11 is 0. The predicted octanol–water partition coefficient (Wildman–Crippen LogP) is 0.776. The monoisotopic (exact) mass is 348 g/mol. The minimum atomic E-state index is -0.226. The zero-order valence-corrected chi connectivity index (χ0v) is 15.2. The number of ether oxygens (including phenoxy) is 1. The lowest BCUT2D eigenvalue weighted by molar-refractivity contribution is -0.134. The van der Waals surface area contributed by atoms with E-state index in [1.807, 2.05) is 13.1 Å². The lowest BCUT2D eigenvalue weighted by atomic mass is 10.1. The van der Waals surface area contributed by atoms with Crippen LogP contribution >= 0.6 is 0 Å². The number of likely N-dealkylation sites (tertiary alicyclic amines) is 1. The first-order valence-corrected chi connectivity index (χ1v) is 8.59. The van der Waals surface area contributed by atoms with Crippen molar-refractivity contribution < 1.29 is 14.3 Å². The standard InChI is InChI=1S/C18H28N4O3/c1-19-15-7-5-9-22(11-15)13-18(24)21(2)12-17(23)20-14-6-4-8-16(10-14)25-3/h4,6,8,10,15,19H,5,7,9,11-13H2,1-3H3,(H,20,23). The van der Waals surface area contributed by atoms with Crippen LogP contribution in [0, 0.1) is 0 Å². The van der Waals surface area contributed by atoms with E-state index < -0.39 is 0 Å². The van der Waals surface area contributed by atoms with Gasteiger partial charge in [-0.25, -0.2) is 0 Å². The molecule has 1 aliphatic rings. The Kier molecular flexibility index (Phi) is 7.21. The molecular weight excluding hydrogens is 320 g/mol. The van der Waals surface area contributed by atoms with Crippen molar-refractivity contribution in [3.63, 3.8) is 0 Å². The summed E-state index contributed by atoms with van der Waals surface area (Å²) in [6, 6.07) is 7.57. The third-order valence-electron chi connectivity index (χ3n) is 4.43. The average molecular weight is 348 g/mol. The second kappa shape index (κ2) is 9.39. The second-order valence-electron chi connectivity index (χ2n) is 6.39. The first-order chi connectivity index (χ1) is 12.0. The first kappa shape index (κ1) is 19.2. The van der Waals surface area contributed by atoms with E-state index in [2.05, 4.69) is 15.5 Å². The van der Waals surface area contributed by atoms with Gasteiger partial charge in [-0.1, -0.05) is 6.07 Å². The number of methoxy groups -OCH3 is 1. The van der Waals surface area contributed by atoms with E-state index >= 15 is 0 Å². The molecule has 0 aliphatic carbocycles. The Morgan fingerprint density at radius 2 is 2.20 bits per heavy atom. The van der Waals surface area contributed by atoms with Crippen LogP contribution in [-0.2, 0) is 9.59 Å². The predicted molar refractivity (Wildman–Crippen MR) is 97.8 cm³/mol. The van der Waals surface area contributed by atoms with Crippen LogP contribution < -0.4 is 15.4 Å². The molecule has 1 fully saturated rings. The number of carbonyl (C=O) groups is 2. The van der Waals surface area contributed by atoms with Crippen molar-refractivity contribution in [2.24, 2.45) is 0 Å². The second-order valence-corrected chi connectivity index (χ2v) is 6.39. The SMILES string of the molecule is CNC1CCCN(CC(=O)N(C)CC(=O)Nc2cccc(OC)c2)C1. The zero-order chi connectivity index (χ0) is 18.2. The minimum absolute atomic E-state index is 0.0271. The van der Waals surface area contributed by atoms with Crippen molar-refractivity contribution in [3.8, 4) is 5.75 Å². The largest absolute Gasteiger partial charge is 0.497 e. The number of hydrogen-bond acceptors (Lipinski definition) is 5. The lowest BCUT2D eigenvalue weighted by Crippen LogP contribution is -2.48. The molecule has 2 N–H and O–H groups in total. The Morgan fingerprint density at radius 3 is 2.92 bits per heavy atom. The van der Waals surface area contributed by atoms with Crippen LogP contribution in [0.2, 0.25) is 0 Å². The van der Waals surface area contributed by atoms with Crippen LogP contribution in [0.15, 0.2) is 24.3 Å². The summed E-state index contributed by atoms with van der Waals surface area (Å²) < 4.78 is 5.13. The fourth-order valence-corrected chi connectivity index (χ4v) is 2.95. The van der Waals surface area contributed by atoms with Gasteiger partial charge in [0.25, 0.3) is 0 Å². The van der Waals surface area contributed by atoms with E-state index in [-0.39, 0.29) is 18.4 Å². The smallest absolute Gasteiger partial charge is 0.243 e. The summed E-state index contributed by atoms with van der Waals surface area (Å²) in [5.41, 5.74) is 0.651. The summed E-state index contributed by atoms with van der Waals surface area (Å²) in [4.78, 5) is 28.1. The van der Waals surface area contributed by atoms with Gasteiger partial charge in [0.15, 0.2) is 0 Å². The number of likely N-dealkylation sites (N-methyl/N-ethyl adjacent to an activating group) is 2. The maximum Gasteiger partial charge on any atom is 0.243 e. The van der Waals surface area contributed by atoms with Gasteiger partial charge in [0.05, 0.1) is 20.2 Å². The van der Waals surface area contributed by atoms with Crippen LogP contribution in [0.5, 0.6) is 5.75 Å². The van der Waals surface area contributed by atoms with Gasteiger partial charge in [-0.3, -0.25) is 14.5 Å². The summed E-state index contributed by atoms with van der Waals surface area (Å²) in [5, 5.41) is 6.05. The number of rotatable bonds is 7. The van der Waals surface area contributed by atoms with E-state index in [1.54, 1.807) is 32.4 Å². The third kappa shape index (κ3) is 6.03. The van der Waals surface area contributed by atoms with E-state index in [0.29, 0.717) is 24.0 Å². The number of anilines is 1. The zero-order valence-electron chi connectivity index (χ0n) is 15.2. The van der Waals surface area contributed by atoms with Gasteiger partial charge in [-0.15, -0.1) is 0 Å². The third-order valence-corrected chi connectivity index (χ3v) is 4.43. The Morgan fingerprint density at radius 1 is 1.40 bits per heavy atom. The summed E-state index contributed by atoms with van der Waals surface area (Å²) in [5.74, 6) is 0.403. The Hall–Kier alpha value is -2.12. The molecule has 1 aromatic carbocycles. The van der Waals surface area contributed by atoms with E-state index in [1.165, 1.54) is 4.90 Å². The van der Waals surface area contributed by atoms with Gasteiger partial charge in [0, 0.05) is 31.4 Å². The first-order valence-electron chi connectivity index (χ1n) is 8.59. The number of piperidine rings is 1. The molecule has 7 heteroatoms.